The van der Waals surface area contributed by atoms with E-state index in [2.05, 4.69) is 10.3 Å². The lowest BCUT2D eigenvalue weighted by Crippen LogP contribution is -2.49. The number of nitrogens with zero attached hydrogens (tertiary/aromatic N) is 2. The summed E-state index contributed by atoms with van der Waals surface area (Å²) in [6.45, 7) is 3.02. The third-order valence-electron chi connectivity index (χ3n) is 4.38. The Kier molecular flexibility index (Phi) is 4.85. The van der Waals surface area contributed by atoms with Crippen LogP contribution < -0.4 is 5.32 Å². The molecule has 0 radical (unpaired) electrons. The summed E-state index contributed by atoms with van der Waals surface area (Å²) >= 11 is 12.1. The van der Waals surface area contributed by atoms with Crippen molar-refractivity contribution in [3.63, 3.8) is 0 Å². The van der Waals surface area contributed by atoms with E-state index in [1.54, 1.807) is 25.4 Å². The van der Waals surface area contributed by atoms with Gasteiger partial charge >= 0.3 is 0 Å². The number of aromatic nitrogens is 2. The molecule has 1 saturated heterocycles. The number of nitrogens with one attached hydrogen (secondary N) is 1. The van der Waals surface area contributed by atoms with Crippen molar-refractivity contribution in [2.24, 2.45) is 0 Å². The highest BCUT2D eigenvalue weighted by molar-refractivity contribution is 6.42. The molecule has 0 bridgehead atoms. The SMILES string of the molecule is CC(O)(C[C@H]1NCCC[C@@H]1O)Cn1cnc2cc(Cl)c(Cl)cc21. The zero-order valence-electron chi connectivity index (χ0n) is 13.0. The highest BCUT2D eigenvalue weighted by Gasteiger charge is 2.31. The molecule has 5 nitrogen and oxygen atoms in total. The van der Waals surface area contributed by atoms with Crippen LogP contribution in [0.5, 0.6) is 0 Å². The molecule has 3 N–H and O–H groups in total. The van der Waals surface area contributed by atoms with E-state index in [0.717, 1.165) is 30.4 Å². The highest BCUT2D eigenvalue weighted by Crippen LogP contribution is 2.29. The van der Waals surface area contributed by atoms with E-state index in [-0.39, 0.29) is 6.04 Å². The van der Waals surface area contributed by atoms with E-state index in [0.29, 0.717) is 23.0 Å². The number of hydrogen-bond acceptors (Lipinski definition) is 4. The van der Waals surface area contributed by atoms with E-state index >= 15 is 0 Å². The average Bonchev–Trinajstić information content (AvgIpc) is 2.83. The van der Waals surface area contributed by atoms with Gasteiger partial charge in [-0.1, -0.05) is 23.2 Å². The first kappa shape index (κ1) is 17.0. The molecule has 2 aromatic rings. The number of benzene rings is 1. The van der Waals surface area contributed by atoms with Gasteiger partial charge in [0.25, 0.3) is 0 Å². The maximum absolute atomic E-state index is 10.8. The lowest BCUT2D eigenvalue weighted by molar-refractivity contribution is -0.00564. The molecule has 1 aromatic heterocycles. The van der Waals surface area contributed by atoms with Crippen molar-refractivity contribution in [1.82, 2.24) is 14.9 Å². The molecule has 0 aliphatic carbocycles. The Balaban J connectivity index is 1.78. The standard InChI is InChI=1S/C16H21Cl2N3O2/c1-16(23,7-13-15(22)3-2-4-19-13)8-21-9-20-12-5-10(17)11(18)6-14(12)21/h5-6,9,13,15,19,22-23H,2-4,7-8H2,1H3/t13-,15+,16?/m1/s1. The molecule has 3 rings (SSSR count). The van der Waals surface area contributed by atoms with Crippen molar-refractivity contribution in [3.8, 4) is 0 Å². The molecular formula is C16H21Cl2N3O2. The maximum Gasteiger partial charge on any atom is 0.0959 e. The fourth-order valence-corrected chi connectivity index (χ4v) is 3.54. The third kappa shape index (κ3) is 3.80. The van der Waals surface area contributed by atoms with Gasteiger partial charge in [0, 0.05) is 6.04 Å². The number of hydrogen-bond donors (Lipinski definition) is 3. The lowest BCUT2D eigenvalue weighted by Gasteiger charge is -2.35. The van der Waals surface area contributed by atoms with Crippen molar-refractivity contribution in [2.45, 2.75) is 50.5 Å². The quantitative estimate of drug-likeness (QED) is 0.786. The largest absolute Gasteiger partial charge is 0.392 e. The molecular weight excluding hydrogens is 337 g/mol. The molecule has 0 spiro atoms. The minimum atomic E-state index is -0.976. The smallest absolute Gasteiger partial charge is 0.0959 e. The summed E-state index contributed by atoms with van der Waals surface area (Å²) in [5.74, 6) is 0. The number of aliphatic hydroxyl groups excluding tert-OH is 1. The van der Waals surface area contributed by atoms with Crippen LogP contribution >= 0.6 is 23.2 Å². The van der Waals surface area contributed by atoms with Crippen molar-refractivity contribution >= 4 is 34.2 Å². The molecule has 1 aliphatic heterocycles. The summed E-state index contributed by atoms with van der Waals surface area (Å²) in [5.41, 5.74) is 0.596. The fraction of sp³-hybridized carbons (Fsp3) is 0.562. The van der Waals surface area contributed by atoms with E-state index in [1.807, 2.05) is 4.57 Å². The molecule has 7 heteroatoms. The summed E-state index contributed by atoms with van der Waals surface area (Å²) in [5, 5.41) is 25.1. The summed E-state index contributed by atoms with van der Waals surface area (Å²) in [4.78, 5) is 4.31. The molecule has 1 unspecified atom stereocenters. The number of rotatable bonds is 4. The summed E-state index contributed by atoms with van der Waals surface area (Å²) in [6.07, 6.45) is 3.47. The Hall–Kier alpha value is -0.850. The topological polar surface area (TPSA) is 70.3 Å². The molecule has 1 aliphatic rings. The van der Waals surface area contributed by atoms with Crippen LogP contribution in [0.15, 0.2) is 18.5 Å². The number of piperidine rings is 1. The van der Waals surface area contributed by atoms with Crippen LogP contribution in [0.1, 0.15) is 26.2 Å². The number of imidazole rings is 1. The van der Waals surface area contributed by atoms with Crippen LogP contribution in [0.4, 0.5) is 0 Å². The van der Waals surface area contributed by atoms with Crippen LogP contribution in [0.2, 0.25) is 10.0 Å². The van der Waals surface area contributed by atoms with E-state index in [1.165, 1.54) is 0 Å². The molecule has 126 valence electrons. The van der Waals surface area contributed by atoms with Crippen LogP contribution in [0, 0.1) is 0 Å². The van der Waals surface area contributed by atoms with Gasteiger partial charge in [0.05, 0.1) is 45.7 Å². The van der Waals surface area contributed by atoms with Gasteiger partial charge in [-0.15, -0.1) is 0 Å². The number of fused-ring (bicyclic) bond motifs is 1. The number of halogens is 2. The zero-order chi connectivity index (χ0) is 16.6. The van der Waals surface area contributed by atoms with Gasteiger partial charge < -0.3 is 20.1 Å². The zero-order valence-corrected chi connectivity index (χ0v) is 14.5. The second-order valence-electron chi connectivity index (χ2n) is 6.60. The van der Waals surface area contributed by atoms with Crippen LogP contribution in [-0.4, -0.2) is 44.1 Å². The molecule has 0 amide bonds. The van der Waals surface area contributed by atoms with Crippen LogP contribution in [0.3, 0.4) is 0 Å². The second-order valence-corrected chi connectivity index (χ2v) is 7.41. The van der Waals surface area contributed by atoms with Crippen molar-refractivity contribution in [1.29, 1.82) is 0 Å². The predicted octanol–water partition coefficient (Wildman–Crippen LogP) is 2.60. The second kappa shape index (κ2) is 6.57. The molecule has 2 heterocycles. The van der Waals surface area contributed by atoms with Gasteiger partial charge in [0.15, 0.2) is 0 Å². The predicted molar refractivity (Wildman–Crippen MR) is 92.0 cm³/mol. The van der Waals surface area contributed by atoms with Crippen molar-refractivity contribution < 1.29 is 10.2 Å². The lowest BCUT2D eigenvalue weighted by atomic mass is 9.89. The van der Waals surface area contributed by atoms with Crippen molar-refractivity contribution in [3.05, 3.63) is 28.5 Å². The summed E-state index contributed by atoms with van der Waals surface area (Å²) < 4.78 is 1.87. The molecule has 0 saturated carbocycles. The maximum atomic E-state index is 10.8. The molecule has 23 heavy (non-hydrogen) atoms. The highest BCUT2D eigenvalue weighted by atomic mass is 35.5. The summed E-state index contributed by atoms with van der Waals surface area (Å²) in [6, 6.07) is 3.39. The van der Waals surface area contributed by atoms with E-state index < -0.39 is 11.7 Å². The third-order valence-corrected chi connectivity index (χ3v) is 5.10. The fourth-order valence-electron chi connectivity index (χ4n) is 3.23. The Morgan fingerprint density at radius 3 is 2.87 bits per heavy atom. The molecule has 1 fully saturated rings. The Morgan fingerprint density at radius 1 is 1.39 bits per heavy atom. The van der Waals surface area contributed by atoms with Crippen molar-refractivity contribution in [2.75, 3.05) is 6.54 Å². The van der Waals surface area contributed by atoms with Gasteiger partial charge in [0.1, 0.15) is 0 Å². The van der Waals surface area contributed by atoms with Gasteiger partial charge in [-0.25, -0.2) is 4.98 Å². The van der Waals surface area contributed by atoms with Gasteiger partial charge in [0.2, 0.25) is 0 Å². The van der Waals surface area contributed by atoms with Gasteiger partial charge in [-0.3, -0.25) is 0 Å². The van der Waals surface area contributed by atoms with E-state index in [9.17, 15) is 10.2 Å². The Bertz CT molecular complexity index is 702. The monoisotopic (exact) mass is 357 g/mol. The first-order valence-electron chi connectivity index (χ1n) is 7.79. The normalized spacial score (nSPS) is 24.7. The number of aliphatic hydroxyl groups is 2. The Labute approximate surface area is 145 Å². The van der Waals surface area contributed by atoms with E-state index in [4.69, 9.17) is 23.2 Å². The molecule has 3 atom stereocenters. The van der Waals surface area contributed by atoms with Gasteiger partial charge in [-0.2, -0.15) is 0 Å². The molecule has 1 aromatic carbocycles. The minimum Gasteiger partial charge on any atom is -0.392 e. The van der Waals surface area contributed by atoms with Gasteiger partial charge in [-0.05, 0) is 44.9 Å². The Morgan fingerprint density at radius 2 is 2.13 bits per heavy atom. The minimum absolute atomic E-state index is 0.0911. The first-order chi connectivity index (χ1) is 10.9. The summed E-state index contributed by atoms with van der Waals surface area (Å²) in [7, 11) is 0. The first-order valence-corrected chi connectivity index (χ1v) is 8.55. The average molecular weight is 358 g/mol. The van der Waals surface area contributed by atoms with Crippen LogP contribution in [0.25, 0.3) is 11.0 Å². The van der Waals surface area contributed by atoms with Crippen LogP contribution in [-0.2, 0) is 6.54 Å².